The summed E-state index contributed by atoms with van der Waals surface area (Å²) in [6, 6.07) is 13.5. The number of anilines is 3. The van der Waals surface area contributed by atoms with E-state index in [1.807, 2.05) is 19.9 Å². The zero-order valence-corrected chi connectivity index (χ0v) is 10.5. The number of nitrogens with two attached hydrogens (primary N) is 1. The highest BCUT2D eigenvalue weighted by Gasteiger charge is 2.03. The van der Waals surface area contributed by atoms with Crippen LogP contribution in [0, 0.1) is 25.2 Å². The summed E-state index contributed by atoms with van der Waals surface area (Å²) in [6.45, 7) is 4.09. The second-order valence-corrected chi connectivity index (χ2v) is 4.36. The van der Waals surface area contributed by atoms with Gasteiger partial charge in [-0.15, -0.1) is 0 Å². The van der Waals surface area contributed by atoms with Crippen LogP contribution in [-0.4, -0.2) is 0 Å². The van der Waals surface area contributed by atoms with Crippen LogP contribution < -0.4 is 11.1 Å². The first kappa shape index (κ1) is 12.0. The summed E-state index contributed by atoms with van der Waals surface area (Å²) < 4.78 is 0. The summed E-state index contributed by atoms with van der Waals surface area (Å²) in [5, 5.41) is 12.1. The Morgan fingerprint density at radius 2 is 1.83 bits per heavy atom. The second kappa shape index (κ2) is 4.80. The minimum absolute atomic E-state index is 0.569. The highest BCUT2D eigenvalue weighted by atomic mass is 14.9. The molecule has 0 atom stereocenters. The number of benzene rings is 2. The highest BCUT2D eigenvalue weighted by molar-refractivity contribution is 5.75. The molecule has 0 spiro atoms. The molecule has 2 aromatic carbocycles. The lowest BCUT2D eigenvalue weighted by Gasteiger charge is -2.12. The Bertz CT molecular complexity index is 624. The Morgan fingerprint density at radius 3 is 2.50 bits per heavy atom. The molecule has 0 heterocycles. The second-order valence-electron chi connectivity index (χ2n) is 4.36. The number of nitriles is 1. The van der Waals surface area contributed by atoms with E-state index in [0.717, 1.165) is 16.9 Å². The van der Waals surface area contributed by atoms with Crippen molar-refractivity contribution >= 4 is 17.1 Å². The predicted octanol–water partition coefficient (Wildman–Crippen LogP) is 3.50. The van der Waals surface area contributed by atoms with Crippen LogP contribution in [0.4, 0.5) is 17.1 Å². The van der Waals surface area contributed by atoms with Crippen molar-refractivity contribution in [2.45, 2.75) is 13.8 Å². The maximum Gasteiger partial charge on any atom is 0.0992 e. The van der Waals surface area contributed by atoms with Gasteiger partial charge >= 0.3 is 0 Å². The molecule has 0 saturated carbocycles. The van der Waals surface area contributed by atoms with Gasteiger partial charge in [0.1, 0.15) is 0 Å². The molecule has 0 saturated heterocycles. The summed E-state index contributed by atoms with van der Waals surface area (Å²) in [6.07, 6.45) is 0. The van der Waals surface area contributed by atoms with E-state index in [1.54, 1.807) is 12.1 Å². The average molecular weight is 237 g/mol. The zero-order valence-electron chi connectivity index (χ0n) is 10.5. The van der Waals surface area contributed by atoms with Crippen LogP contribution >= 0.6 is 0 Å². The van der Waals surface area contributed by atoms with Gasteiger partial charge in [-0.05, 0) is 49.2 Å². The van der Waals surface area contributed by atoms with E-state index in [2.05, 4.69) is 29.6 Å². The van der Waals surface area contributed by atoms with Crippen LogP contribution in [0.1, 0.15) is 16.7 Å². The van der Waals surface area contributed by atoms with E-state index < -0.39 is 0 Å². The Hall–Kier alpha value is -2.47. The Morgan fingerprint density at radius 1 is 1.06 bits per heavy atom. The number of hydrogen-bond acceptors (Lipinski definition) is 3. The third-order valence-corrected chi connectivity index (χ3v) is 2.84. The van der Waals surface area contributed by atoms with Gasteiger partial charge in [0.15, 0.2) is 0 Å². The summed E-state index contributed by atoms with van der Waals surface area (Å²) in [5.41, 5.74) is 11.3. The molecule has 0 radical (unpaired) electrons. The third kappa shape index (κ3) is 2.44. The average Bonchev–Trinajstić information content (AvgIpc) is 2.36. The number of nitrogens with zero attached hydrogens (tertiary/aromatic N) is 1. The number of nitrogens with one attached hydrogen (secondary N) is 1. The molecule has 0 fully saturated rings. The molecule has 90 valence electrons. The van der Waals surface area contributed by atoms with E-state index >= 15 is 0 Å². The smallest absolute Gasteiger partial charge is 0.0992 e. The zero-order chi connectivity index (χ0) is 13.1. The molecule has 0 aromatic heterocycles. The van der Waals surface area contributed by atoms with Gasteiger partial charge < -0.3 is 11.1 Å². The molecular formula is C15H15N3. The number of rotatable bonds is 2. The maximum atomic E-state index is 8.80. The van der Waals surface area contributed by atoms with E-state index in [0.29, 0.717) is 11.3 Å². The first-order valence-electron chi connectivity index (χ1n) is 5.74. The fourth-order valence-electron chi connectivity index (χ4n) is 1.76. The van der Waals surface area contributed by atoms with Crippen LogP contribution in [0.25, 0.3) is 0 Å². The van der Waals surface area contributed by atoms with E-state index in [-0.39, 0.29) is 0 Å². The van der Waals surface area contributed by atoms with Crippen LogP contribution in [0.2, 0.25) is 0 Å². The molecule has 0 amide bonds. The monoisotopic (exact) mass is 237 g/mol. The molecule has 2 aromatic rings. The van der Waals surface area contributed by atoms with Crippen molar-refractivity contribution < 1.29 is 0 Å². The fourth-order valence-corrected chi connectivity index (χ4v) is 1.76. The van der Waals surface area contributed by atoms with Gasteiger partial charge in [-0.3, -0.25) is 0 Å². The lowest BCUT2D eigenvalue weighted by atomic mass is 10.1. The molecule has 0 unspecified atom stereocenters. The predicted molar refractivity (Wildman–Crippen MR) is 74.8 cm³/mol. The van der Waals surface area contributed by atoms with Gasteiger partial charge in [-0.2, -0.15) is 5.26 Å². The number of hydrogen-bond donors (Lipinski definition) is 2. The van der Waals surface area contributed by atoms with Crippen LogP contribution in [-0.2, 0) is 0 Å². The minimum atomic E-state index is 0.569. The molecule has 3 heteroatoms. The van der Waals surface area contributed by atoms with Crippen molar-refractivity contribution in [2.75, 3.05) is 11.1 Å². The Kier molecular flexibility index (Phi) is 3.20. The quantitative estimate of drug-likeness (QED) is 0.786. The molecule has 0 bridgehead atoms. The summed E-state index contributed by atoms with van der Waals surface area (Å²) in [7, 11) is 0. The van der Waals surface area contributed by atoms with Crippen LogP contribution in [0.3, 0.4) is 0 Å². The molecular weight excluding hydrogens is 222 g/mol. The largest absolute Gasteiger partial charge is 0.397 e. The van der Waals surface area contributed by atoms with Crippen molar-refractivity contribution in [1.82, 2.24) is 0 Å². The molecule has 2 rings (SSSR count). The van der Waals surface area contributed by atoms with E-state index in [4.69, 9.17) is 11.0 Å². The normalized spacial score (nSPS) is 9.83. The molecule has 0 aliphatic rings. The van der Waals surface area contributed by atoms with Gasteiger partial charge in [-0.25, -0.2) is 0 Å². The van der Waals surface area contributed by atoms with Gasteiger partial charge in [0.05, 0.1) is 23.0 Å². The van der Waals surface area contributed by atoms with E-state index in [9.17, 15) is 0 Å². The Labute approximate surface area is 107 Å². The summed E-state index contributed by atoms with van der Waals surface area (Å²) >= 11 is 0. The standard InChI is InChI=1S/C15H15N3/c1-10-3-4-11(2)15(7-10)18-14-6-5-12(9-16)8-13(14)17/h3-8,18H,17H2,1-2H3. The van der Waals surface area contributed by atoms with Gasteiger partial charge in [0.25, 0.3) is 0 Å². The van der Waals surface area contributed by atoms with Crippen molar-refractivity contribution in [3.8, 4) is 6.07 Å². The topological polar surface area (TPSA) is 61.8 Å². The molecule has 18 heavy (non-hydrogen) atoms. The molecule has 3 N–H and O–H groups in total. The Balaban J connectivity index is 2.34. The molecule has 3 nitrogen and oxygen atoms in total. The van der Waals surface area contributed by atoms with Crippen LogP contribution in [0.15, 0.2) is 36.4 Å². The summed E-state index contributed by atoms with van der Waals surface area (Å²) in [4.78, 5) is 0. The maximum absolute atomic E-state index is 8.80. The fraction of sp³-hybridized carbons (Fsp3) is 0.133. The van der Waals surface area contributed by atoms with Crippen molar-refractivity contribution in [1.29, 1.82) is 5.26 Å². The highest BCUT2D eigenvalue weighted by Crippen LogP contribution is 2.26. The SMILES string of the molecule is Cc1ccc(C)c(Nc2ccc(C#N)cc2N)c1. The minimum Gasteiger partial charge on any atom is -0.397 e. The first-order chi connectivity index (χ1) is 8.60. The third-order valence-electron chi connectivity index (χ3n) is 2.84. The van der Waals surface area contributed by atoms with Crippen molar-refractivity contribution in [2.24, 2.45) is 0 Å². The lowest BCUT2D eigenvalue weighted by Crippen LogP contribution is -1.98. The van der Waals surface area contributed by atoms with Gasteiger partial charge in [0.2, 0.25) is 0 Å². The first-order valence-corrected chi connectivity index (χ1v) is 5.74. The molecule has 0 aliphatic heterocycles. The number of nitrogen functional groups attached to an aromatic ring is 1. The van der Waals surface area contributed by atoms with Crippen molar-refractivity contribution in [3.63, 3.8) is 0 Å². The number of aryl methyl sites for hydroxylation is 2. The van der Waals surface area contributed by atoms with Gasteiger partial charge in [-0.1, -0.05) is 12.1 Å². The van der Waals surface area contributed by atoms with Crippen LogP contribution in [0.5, 0.6) is 0 Å². The molecule has 0 aliphatic carbocycles. The summed E-state index contributed by atoms with van der Waals surface area (Å²) in [5.74, 6) is 0. The van der Waals surface area contributed by atoms with Crippen molar-refractivity contribution in [3.05, 3.63) is 53.1 Å². The van der Waals surface area contributed by atoms with Gasteiger partial charge in [0, 0.05) is 5.69 Å². The van der Waals surface area contributed by atoms with E-state index in [1.165, 1.54) is 5.56 Å². The lowest BCUT2D eigenvalue weighted by molar-refractivity contribution is 1.37.